The topological polar surface area (TPSA) is 80.3 Å². The van der Waals surface area contributed by atoms with Gasteiger partial charge in [0, 0.05) is 24.6 Å². The van der Waals surface area contributed by atoms with Crippen molar-refractivity contribution in [2.45, 2.75) is 12.8 Å². The van der Waals surface area contributed by atoms with Gasteiger partial charge in [0.1, 0.15) is 11.5 Å². The van der Waals surface area contributed by atoms with Crippen molar-refractivity contribution in [3.05, 3.63) is 71.2 Å². The van der Waals surface area contributed by atoms with Gasteiger partial charge in [-0.3, -0.25) is 14.6 Å². The highest BCUT2D eigenvalue weighted by Crippen LogP contribution is 2.22. The Morgan fingerprint density at radius 1 is 1.04 bits per heavy atom. The first-order valence-corrected chi connectivity index (χ1v) is 9.35. The van der Waals surface area contributed by atoms with Crippen molar-refractivity contribution in [2.24, 2.45) is 0 Å². The molecule has 27 heavy (non-hydrogen) atoms. The van der Waals surface area contributed by atoms with E-state index in [0.717, 1.165) is 5.56 Å². The lowest BCUT2D eigenvalue weighted by atomic mass is 10.1. The maximum Gasteiger partial charge on any atom is 0.313 e. The predicted octanol–water partition coefficient (Wildman–Crippen LogP) is 3.79. The fourth-order valence-electron chi connectivity index (χ4n) is 2.34. The maximum absolute atomic E-state index is 12.0. The number of anilines is 1. The molecule has 0 fully saturated rings. The summed E-state index contributed by atoms with van der Waals surface area (Å²) in [6.07, 6.45) is 3.28. The number of nitrogens with one attached hydrogen (secondary N) is 2. The number of nitrogens with zero attached hydrogens (tertiary/aromatic N) is 1. The van der Waals surface area contributed by atoms with E-state index in [1.165, 1.54) is 0 Å². The Morgan fingerprint density at radius 3 is 2.41 bits per heavy atom. The predicted molar refractivity (Wildman–Crippen MR) is 105 cm³/mol. The van der Waals surface area contributed by atoms with E-state index in [2.05, 4.69) is 15.6 Å². The number of hydrogen-bond acceptors (Lipinski definition) is 5. The van der Waals surface area contributed by atoms with Gasteiger partial charge in [-0.05, 0) is 64.7 Å². The number of thiophene rings is 1. The average molecular weight is 381 g/mol. The molecule has 2 N–H and O–H groups in total. The molecule has 0 aliphatic carbocycles. The second-order valence-corrected chi connectivity index (χ2v) is 6.71. The molecule has 3 aromatic rings. The second-order valence-electron chi connectivity index (χ2n) is 5.93. The van der Waals surface area contributed by atoms with E-state index in [-0.39, 0.29) is 5.92 Å². The summed E-state index contributed by atoms with van der Waals surface area (Å²) in [5, 5.41) is 9.26. The fraction of sp³-hybridized carbons (Fsp3) is 0.150. The van der Waals surface area contributed by atoms with E-state index < -0.39 is 11.8 Å². The standard InChI is InChI=1S/C20H19N3O3S/c1-14(15-8-11-27-13-15)12-22-19(24)20(25)23-16-2-4-17(5-3-16)26-18-6-9-21-10-7-18/h2-11,13-14H,12H2,1H3,(H,22,24)(H,23,25). The number of carbonyl (C=O) groups excluding carboxylic acids is 2. The number of benzene rings is 1. The zero-order chi connectivity index (χ0) is 19.1. The molecule has 138 valence electrons. The van der Waals surface area contributed by atoms with Crippen LogP contribution in [0.1, 0.15) is 18.4 Å². The Bertz CT molecular complexity index is 881. The Kier molecular flexibility index (Phi) is 6.17. The molecule has 0 saturated heterocycles. The van der Waals surface area contributed by atoms with Crippen LogP contribution >= 0.6 is 11.3 Å². The summed E-state index contributed by atoms with van der Waals surface area (Å²) in [5.41, 5.74) is 1.66. The van der Waals surface area contributed by atoms with E-state index in [9.17, 15) is 9.59 Å². The highest BCUT2D eigenvalue weighted by molar-refractivity contribution is 7.08. The van der Waals surface area contributed by atoms with Crippen molar-refractivity contribution in [3.8, 4) is 11.5 Å². The Hall–Kier alpha value is -3.19. The molecule has 0 radical (unpaired) electrons. The summed E-state index contributed by atoms with van der Waals surface area (Å²) in [6, 6.07) is 12.3. The van der Waals surface area contributed by atoms with Crippen molar-refractivity contribution in [3.63, 3.8) is 0 Å². The minimum absolute atomic E-state index is 0.151. The molecule has 1 aromatic carbocycles. The van der Waals surface area contributed by atoms with Gasteiger partial charge in [-0.2, -0.15) is 11.3 Å². The summed E-state index contributed by atoms with van der Waals surface area (Å²) in [6.45, 7) is 2.41. The zero-order valence-electron chi connectivity index (χ0n) is 14.7. The molecule has 6 nitrogen and oxygen atoms in total. The van der Waals surface area contributed by atoms with Crippen LogP contribution in [0, 0.1) is 0 Å². The van der Waals surface area contributed by atoms with Gasteiger partial charge in [0.15, 0.2) is 0 Å². The van der Waals surface area contributed by atoms with E-state index in [1.54, 1.807) is 60.1 Å². The molecule has 0 spiro atoms. The van der Waals surface area contributed by atoms with E-state index >= 15 is 0 Å². The van der Waals surface area contributed by atoms with Crippen molar-refractivity contribution >= 4 is 28.8 Å². The van der Waals surface area contributed by atoms with Gasteiger partial charge in [-0.15, -0.1) is 0 Å². The van der Waals surface area contributed by atoms with Gasteiger partial charge in [0.05, 0.1) is 0 Å². The van der Waals surface area contributed by atoms with Gasteiger partial charge in [-0.1, -0.05) is 6.92 Å². The summed E-state index contributed by atoms with van der Waals surface area (Å²) >= 11 is 1.61. The number of rotatable bonds is 6. The van der Waals surface area contributed by atoms with Gasteiger partial charge < -0.3 is 15.4 Å². The van der Waals surface area contributed by atoms with E-state index in [0.29, 0.717) is 23.7 Å². The highest BCUT2D eigenvalue weighted by Gasteiger charge is 2.15. The number of amides is 2. The van der Waals surface area contributed by atoms with Crippen LogP contribution in [0.2, 0.25) is 0 Å². The largest absolute Gasteiger partial charge is 0.457 e. The van der Waals surface area contributed by atoms with Crippen LogP contribution in [0.4, 0.5) is 5.69 Å². The van der Waals surface area contributed by atoms with Crippen molar-refractivity contribution in [1.82, 2.24) is 10.3 Å². The lowest BCUT2D eigenvalue weighted by molar-refractivity contribution is -0.136. The van der Waals surface area contributed by atoms with Gasteiger partial charge >= 0.3 is 11.8 Å². The van der Waals surface area contributed by atoms with Gasteiger partial charge in [0.25, 0.3) is 0 Å². The third-order valence-corrected chi connectivity index (χ3v) is 4.59. The molecule has 7 heteroatoms. The number of ether oxygens (including phenoxy) is 1. The third kappa shape index (κ3) is 5.39. The van der Waals surface area contributed by atoms with E-state index in [4.69, 9.17) is 4.74 Å². The normalized spacial score (nSPS) is 11.4. The molecule has 0 bridgehead atoms. The molecule has 2 aromatic heterocycles. The molecule has 1 unspecified atom stereocenters. The lowest BCUT2D eigenvalue weighted by Gasteiger charge is -2.11. The fourth-order valence-corrected chi connectivity index (χ4v) is 3.12. The lowest BCUT2D eigenvalue weighted by Crippen LogP contribution is -2.37. The first-order chi connectivity index (χ1) is 13.1. The maximum atomic E-state index is 12.0. The first kappa shape index (κ1) is 18.6. The number of carbonyl (C=O) groups is 2. The Balaban J connectivity index is 1.49. The van der Waals surface area contributed by atoms with Crippen LogP contribution in [0.15, 0.2) is 65.6 Å². The van der Waals surface area contributed by atoms with E-state index in [1.807, 2.05) is 23.8 Å². The van der Waals surface area contributed by atoms with Crippen LogP contribution in [0.3, 0.4) is 0 Å². The summed E-state index contributed by atoms with van der Waals surface area (Å²) in [5.74, 6) is 0.0799. The molecule has 0 saturated carbocycles. The zero-order valence-corrected chi connectivity index (χ0v) is 15.5. The van der Waals surface area contributed by atoms with Crippen LogP contribution in [-0.4, -0.2) is 23.3 Å². The molecular formula is C20H19N3O3S. The van der Waals surface area contributed by atoms with Crippen LogP contribution < -0.4 is 15.4 Å². The minimum atomic E-state index is -0.699. The Morgan fingerprint density at radius 2 is 1.74 bits per heavy atom. The molecule has 0 aliphatic rings. The van der Waals surface area contributed by atoms with Crippen molar-refractivity contribution in [1.29, 1.82) is 0 Å². The quantitative estimate of drug-likeness (QED) is 0.637. The number of aromatic nitrogens is 1. The number of hydrogen-bond donors (Lipinski definition) is 2. The van der Waals surface area contributed by atoms with Crippen LogP contribution in [0.25, 0.3) is 0 Å². The highest BCUT2D eigenvalue weighted by atomic mass is 32.1. The van der Waals surface area contributed by atoms with Gasteiger partial charge in [0.2, 0.25) is 0 Å². The average Bonchev–Trinajstić information content (AvgIpc) is 3.23. The summed E-state index contributed by atoms with van der Waals surface area (Å²) in [7, 11) is 0. The second kappa shape index (κ2) is 8.95. The molecule has 2 heterocycles. The molecule has 0 aliphatic heterocycles. The molecular weight excluding hydrogens is 362 g/mol. The summed E-state index contributed by atoms with van der Waals surface area (Å²) in [4.78, 5) is 27.9. The molecule has 3 rings (SSSR count). The summed E-state index contributed by atoms with van der Waals surface area (Å²) < 4.78 is 5.65. The SMILES string of the molecule is CC(CNC(=O)C(=O)Nc1ccc(Oc2ccncc2)cc1)c1ccsc1. The van der Waals surface area contributed by atoms with Crippen LogP contribution in [-0.2, 0) is 9.59 Å². The molecule has 1 atom stereocenters. The number of pyridine rings is 1. The minimum Gasteiger partial charge on any atom is -0.457 e. The third-order valence-electron chi connectivity index (χ3n) is 3.88. The Labute approximate surface area is 161 Å². The van der Waals surface area contributed by atoms with Gasteiger partial charge in [-0.25, -0.2) is 0 Å². The van der Waals surface area contributed by atoms with Crippen LogP contribution in [0.5, 0.6) is 11.5 Å². The van der Waals surface area contributed by atoms with Crippen molar-refractivity contribution in [2.75, 3.05) is 11.9 Å². The smallest absolute Gasteiger partial charge is 0.313 e. The molecule has 2 amide bonds. The first-order valence-electron chi connectivity index (χ1n) is 8.41. The monoisotopic (exact) mass is 381 g/mol. The van der Waals surface area contributed by atoms with Crippen molar-refractivity contribution < 1.29 is 14.3 Å².